The number of benzene rings is 1. The van der Waals surface area contributed by atoms with Crippen LogP contribution in [0.25, 0.3) is 0 Å². The van der Waals surface area contributed by atoms with Crippen molar-refractivity contribution in [2.45, 2.75) is 13.8 Å². The molecule has 0 saturated carbocycles. The first-order valence-corrected chi connectivity index (χ1v) is 4.28. The zero-order chi connectivity index (χ0) is 9.84. The van der Waals surface area contributed by atoms with E-state index in [9.17, 15) is 4.79 Å². The summed E-state index contributed by atoms with van der Waals surface area (Å²) in [7, 11) is 0. The van der Waals surface area contributed by atoms with Gasteiger partial charge in [0.05, 0.1) is 0 Å². The Kier molecular flexibility index (Phi) is 3.07. The molecule has 2 heteroatoms. The van der Waals surface area contributed by atoms with Gasteiger partial charge in [0, 0.05) is 0 Å². The van der Waals surface area contributed by atoms with E-state index in [4.69, 9.17) is 5.11 Å². The Morgan fingerprint density at radius 2 is 1.77 bits per heavy atom. The van der Waals surface area contributed by atoms with Gasteiger partial charge < -0.3 is 5.11 Å². The lowest BCUT2D eigenvalue weighted by molar-refractivity contribution is -0.135. The fourth-order valence-corrected chi connectivity index (χ4v) is 1.32. The normalized spacial score (nSPS) is 10.8. The third kappa shape index (κ3) is 2.31. The molecule has 13 heavy (non-hydrogen) atoms. The maximum absolute atomic E-state index is 10.9. The first-order valence-electron chi connectivity index (χ1n) is 4.28. The van der Waals surface area contributed by atoms with Crippen LogP contribution < -0.4 is 0 Å². The van der Waals surface area contributed by atoms with E-state index in [1.807, 2.05) is 44.2 Å². The van der Waals surface area contributed by atoms with Gasteiger partial charge in [-0.15, -0.1) is 0 Å². The SMILES string of the molecule is CC(C)[C](C(=O)O)c1ccccc1. The van der Waals surface area contributed by atoms with Crippen LogP contribution in [0.4, 0.5) is 0 Å². The molecule has 1 N–H and O–H groups in total. The molecule has 0 heterocycles. The van der Waals surface area contributed by atoms with Crippen molar-refractivity contribution in [1.29, 1.82) is 0 Å². The predicted molar refractivity (Wildman–Crippen MR) is 51.3 cm³/mol. The van der Waals surface area contributed by atoms with E-state index in [1.54, 1.807) is 0 Å². The Morgan fingerprint density at radius 1 is 1.23 bits per heavy atom. The van der Waals surface area contributed by atoms with Gasteiger partial charge >= 0.3 is 5.97 Å². The molecule has 0 unspecified atom stereocenters. The Balaban J connectivity index is 2.96. The fourth-order valence-electron chi connectivity index (χ4n) is 1.32. The summed E-state index contributed by atoms with van der Waals surface area (Å²) in [5, 5.41) is 8.96. The second-order valence-corrected chi connectivity index (χ2v) is 3.24. The largest absolute Gasteiger partial charge is 0.481 e. The van der Waals surface area contributed by atoms with Gasteiger partial charge in [0.2, 0.25) is 0 Å². The zero-order valence-corrected chi connectivity index (χ0v) is 7.82. The maximum atomic E-state index is 10.9. The maximum Gasteiger partial charge on any atom is 0.315 e. The van der Waals surface area contributed by atoms with Crippen LogP contribution in [-0.4, -0.2) is 11.1 Å². The third-order valence-electron chi connectivity index (χ3n) is 1.89. The van der Waals surface area contributed by atoms with Crippen molar-refractivity contribution in [1.82, 2.24) is 0 Å². The van der Waals surface area contributed by atoms with Gasteiger partial charge in [-0.2, -0.15) is 0 Å². The summed E-state index contributed by atoms with van der Waals surface area (Å²) in [6.45, 7) is 3.77. The van der Waals surface area contributed by atoms with E-state index in [0.717, 1.165) is 5.56 Å². The van der Waals surface area contributed by atoms with Crippen LogP contribution >= 0.6 is 0 Å². The fraction of sp³-hybridized carbons (Fsp3) is 0.273. The highest BCUT2D eigenvalue weighted by Crippen LogP contribution is 2.22. The van der Waals surface area contributed by atoms with Gasteiger partial charge in [-0.3, -0.25) is 4.79 Å². The average Bonchev–Trinajstić information content (AvgIpc) is 2.04. The van der Waals surface area contributed by atoms with Crippen LogP contribution in [0.3, 0.4) is 0 Å². The molecule has 0 fully saturated rings. The number of hydrogen-bond acceptors (Lipinski definition) is 1. The number of carboxylic acid groups (broad SMARTS) is 1. The van der Waals surface area contributed by atoms with Crippen LogP contribution in [0.5, 0.6) is 0 Å². The van der Waals surface area contributed by atoms with Gasteiger partial charge in [-0.1, -0.05) is 44.2 Å². The van der Waals surface area contributed by atoms with Crippen LogP contribution in [0.15, 0.2) is 30.3 Å². The van der Waals surface area contributed by atoms with Crippen LogP contribution in [0, 0.1) is 11.8 Å². The molecule has 1 radical (unpaired) electrons. The highest BCUT2D eigenvalue weighted by Gasteiger charge is 2.23. The predicted octanol–water partition coefficient (Wildman–Crippen LogP) is 2.35. The number of carboxylic acids is 1. The van der Waals surface area contributed by atoms with Gasteiger partial charge in [-0.25, -0.2) is 0 Å². The van der Waals surface area contributed by atoms with E-state index in [0.29, 0.717) is 5.92 Å². The Morgan fingerprint density at radius 3 is 2.15 bits per heavy atom. The highest BCUT2D eigenvalue weighted by atomic mass is 16.4. The summed E-state index contributed by atoms with van der Waals surface area (Å²) >= 11 is 0. The molecule has 0 aromatic heterocycles. The van der Waals surface area contributed by atoms with Crippen molar-refractivity contribution in [2.75, 3.05) is 0 Å². The minimum Gasteiger partial charge on any atom is -0.481 e. The lowest BCUT2D eigenvalue weighted by atomic mass is 9.89. The Bertz CT molecular complexity index is 277. The quantitative estimate of drug-likeness (QED) is 0.769. The summed E-state index contributed by atoms with van der Waals surface area (Å²) in [6, 6.07) is 9.22. The average molecular weight is 177 g/mol. The van der Waals surface area contributed by atoms with E-state index in [2.05, 4.69) is 0 Å². The molecular weight excluding hydrogens is 164 g/mol. The van der Waals surface area contributed by atoms with Crippen molar-refractivity contribution in [3.63, 3.8) is 0 Å². The molecule has 1 aromatic rings. The zero-order valence-electron chi connectivity index (χ0n) is 7.82. The summed E-state index contributed by atoms with van der Waals surface area (Å²) in [4.78, 5) is 10.9. The molecule has 0 saturated heterocycles. The first-order chi connectivity index (χ1) is 6.13. The van der Waals surface area contributed by atoms with E-state index in [1.165, 1.54) is 0 Å². The van der Waals surface area contributed by atoms with Gasteiger partial charge in [0.15, 0.2) is 0 Å². The second-order valence-electron chi connectivity index (χ2n) is 3.24. The standard InChI is InChI=1S/C11H13O2/c1-8(2)10(11(12)13)9-6-4-3-5-7-9/h3-8H,1-2H3,(H,12,13). The summed E-state index contributed by atoms with van der Waals surface area (Å²) in [5.41, 5.74) is 0.796. The minimum atomic E-state index is -0.832. The van der Waals surface area contributed by atoms with Crippen molar-refractivity contribution >= 4 is 5.97 Å². The van der Waals surface area contributed by atoms with Gasteiger partial charge in [0.1, 0.15) is 5.92 Å². The smallest absolute Gasteiger partial charge is 0.315 e. The molecule has 0 spiro atoms. The summed E-state index contributed by atoms with van der Waals surface area (Å²) in [6.07, 6.45) is 0. The third-order valence-corrected chi connectivity index (χ3v) is 1.89. The second kappa shape index (κ2) is 4.08. The number of aliphatic carboxylic acids is 1. The monoisotopic (exact) mass is 177 g/mol. The first kappa shape index (κ1) is 9.78. The Labute approximate surface area is 78.2 Å². The number of hydrogen-bond donors (Lipinski definition) is 1. The van der Waals surface area contributed by atoms with Crippen LogP contribution in [-0.2, 0) is 4.79 Å². The van der Waals surface area contributed by atoms with Crippen molar-refractivity contribution in [3.05, 3.63) is 41.8 Å². The van der Waals surface area contributed by atoms with Crippen molar-refractivity contribution < 1.29 is 9.90 Å². The highest BCUT2D eigenvalue weighted by molar-refractivity contribution is 5.88. The summed E-state index contributed by atoms with van der Waals surface area (Å²) in [5.74, 6) is -0.318. The van der Waals surface area contributed by atoms with Crippen molar-refractivity contribution in [2.24, 2.45) is 5.92 Å². The molecular formula is C11H13O2. The van der Waals surface area contributed by atoms with E-state index < -0.39 is 5.97 Å². The summed E-state index contributed by atoms with van der Waals surface area (Å²) < 4.78 is 0. The van der Waals surface area contributed by atoms with E-state index in [-0.39, 0.29) is 5.92 Å². The minimum absolute atomic E-state index is 0.0416. The molecule has 0 aliphatic carbocycles. The Hall–Kier alpha value is -1.31. The molecule has 69 valence electrons. The van der Waals surface area contributed by atoms with Crippen LogP contribution in [0.1, 0.15) is 19.4 Å². The molecule has 0 aliphatic rings. The molecule has 0 bridgehead atoms. The van der Waals surface area contributed by atoms with E-state index >= 15 is 0 Å². The molecule has 1 rings (SSSR count). The molecule has 1 aromatic carbocycles. The van der Waals surface area contributed by atoms with Gasteiger partial charge in [0.25, 0.3) is 0 Å². The van der Waals surface area contributed by atoms with Crippen LogP contribution in [0.2, 0.25) is 0 Å². The lowest BCUT2D eigenvalue weighted by Gasteiger charge is -2.14. The topological polar surface area (TPSA) is 37.3 Å². The molecule has 0 amide bonds. The molecule has 0 aliphatic heterocycles. The molecule has 0 atom stereocenters. The lowest BCUT2D eigenvalue weighted by Crippen LogP contribution is -2.18. The van der Waals surface area contributed by atoms with Crippen molar-refractivity contribution in [3.8, 4) is 0 Å². The number of carbonyl (C=O) groups is 1. The number of rotatable bonds is 3. The molecule has 2 nitrogen and oxygen atoms in total. The van der Waals surface area contributed by atoms with Gasteiger partial charge in [-0.05, 0) is 11.5 Å².